The number of nitrogens with one attached hydrogen (secondary N) is 1. The van der Waals surface area contributed by atoms with Crippen LogP contribution in [0.3, 0.4) is 0 Å². The summed E-state index contributed by atoms with van der Waals surface area (Å²) in [5, 5.41) is 3.84. The third-order valence-corrected chi connectivity index (χ3v) is 4.83. The van der Waals surface area contributed by atoms with E-state index in [9.17, 15) is 4.79 Å². The molecule has 0 unspecified atom stereocenters. The number of carbonyl (C=O) groups is 1. The number of benzene rings is 1. The van der Waals surface area contributed by atoms with E-state index in [0.717, 1.165) is 47.5 Å². The smallest absolute Gasteiger partial charge is 0.221 e. The van der Waals surface area contributed by atoms with Crippen LogP contribution in [0.25, 0.3) is 10.9 Å². The summed E-state index contributed by atoms with van der Waals surface area (Å²) in [5.74, 6) is -0.0662. The molecule has 26 heavy (non-hydrogen) atoms. The molecule has 0 spiro atoms. The first-order chi connectivity index (χ1) is 12.7. The van der Waals surface area contributed by atoms with Crippen LogP contribution in [-0.2, 0) is 11.3 Å². The second-order valence-corrected chi connectivity index (χ2v) is 6.77. The summed E-state index contributed by atoms with van der Waals surface area (Å²) in [6.07, 6.45) is 4.20. The number of aromatic nitrogens is 2. The topological polar surface area (TPSA) is 58.1 Å². The maximum absolute atomic E-state index is 11.2. The number of nitrogens with zero attached hydrogens (tertiary/aromatic N) is 3. The van der Waals surface area contributed by atoms with Crippen molar-refractivity contribution in [3.05, 3.63) is 66.1 Å². The Morgan fingerprint density at radius 2 is 2.15 bits per heavy atom. The van der Waals surface area contributed by atoms with Crippen LogP contribution in [0.2, 0.25) is 0 Å². The van der Waals surface area contributed by atoms with Crippen molar-refractivity contribution in [1.82, 2.24) is 14.9 Å². The number of hydrogen-bond acceptors (Lipinski definition) is 4. The number of pyridine rings is 2. The van der Waals surface area contributed by atoms with Crippen molar-refractivity contribution < 1.29 is 4.79 Å². The second kappa shape index (κ2) is 7.22. The number of rotatable bonds is 4. The Labute approximate surface area is 153 Å². The maximum Gasteiger partial charge on any atom is 0.221 e. The van der Waals surface area contributed by atoms with E-state index < -0.39 is 0 Å². The van der Waals surface area contributed by atoms with Crippen LogP contribution in [0.5, 0.6) is 0 Å². The normalized spacial score (nSPS) is 17.5. The Kier molecular flexibility index (Phi) is 4.63. The first-order valence-electron chi connectivity index (χ1n) is 9.01. The molecule has 1 aliphatic heterocycles. The molecule has 0 bridgehead atoms. The van der Waals surface area contributed by atoms with Crippen molar-refractivity contribution in [2.24, 2.45) is 0 Å². The maximum atomic E-state index is 11.2. The van der Waals surface area contributed by atoms with Gasteiger partial charge in [0.1, 0.15) is 0 Å². The van der Waals surface area contributed by atoms with Crippen LogP contribution in [0.1, 0.15) is 37.2 Å². The van der Waals surface area contributed by atoms with E-state index in [1.54, 1.807) is 0 Å². The number of amides is 1. The lowest BCUT2D eigenvalue weighted by Gasteiger charge is -2.23. The first kappa shape index (κ1) is 16.7. The predicted octanol–water partition coefficient (Wildman–Crippen LogP) is 3.93. The molecule has 1 N–H and O–H groups in total. The molecule has 0 saturated carbocycles. The third kappa shape index (κ3) is 3.58. The van der Waals surface area contributed by atoms with Crippen LogP contribution in [0, 0.1) is 0 Å². The summed E-state index contributed by atoms with van der Waals surface area (Å²) in [4.78, 5) is 23.0. The van der Waals surface area contributed by atoms with E-state index in [4.69, 9.17) is 4.98 Å². The highest BCUT2D eigenvalue weighted by Crippen LogP contribution is 2.32. The molecule has 1 saturated heterocycles. The molecule has 1 amide bonds. The molecule has 2 aromatic heterocycles. The number of likely N-dealkylation sites (tertiary alicyclic amines) is 1. The molecular weight excluding hydrogens is 324 g/mol. The van der Waals surface area contributed by atoms with Gasteiger partial charge in [-0.05, 0) is 55.8 Å². The number of fused-ring (bicyclic) bond motifs is 1. The summed E-state index contributed by atoms with van der Waals surface area (Å²) in [7, 11) is 0. The first-order valence-corrected chi connectivity index (χ1v) is 9.01. The van der Waals surface area contributed by atoms with Gasteiger partial charge in [-0.3, -0.25) is 19.7 Å². The van der Waals surface area contributed by atoms with E-state index in [2.05, 4.69) is 39.5 Å². The standard InChI is InChI=1S/C21H22N4O/c1-15(26)23-17-9-10-19-16(13-17)7-8-18(24-19)14-25-12-4-6-21(25)20-5-2-3-11-22-20/h2-3,5,7-11,13,21H,4,6,12,14H2,1H3,(H,23,26)/t21-/m0/s1. The SMILES string of the molecule is CC(=O)Nc1ccc2nc(CN3CCC[C@H]3c3ccccn3)ccc2c1. The molecule has 1 aromatic carbocycles. The van der Waals surface area contributed by atoms with Gasteiger partial charge in [0.05, 0.1) is 22.9 Å². The van der Waals surface area contributed by atoms with Crippen LogP contribution >= 0.6 is 0 Å². The minimum absolute atomic E-state index is 0.0662. The molecule has 1 aliphatic rings. The van der Waals surface area contributed by atoms with Gasteiger partial charge in [0.15, 0.2) is 0 Å². The number of carbonyl (C=O) groups excluding carboxylic acids is 1. The quantitative estimate of drug-likeness (QED) is 0.778. The molecule has 0 radical (unpaired) electrons. The zero-order valence-electron chi connectivity index (χ0n) is 14.9. The van der Waals surface area contributed by atoms with E-state index in [0.29, 0.717) is 6.04 Å². The molecule has 1 atom stereocenters. The fraction of sp³-hybridized carbons (Fsp3) is 0.286. The van der Waals surface area contributed by atoms with Crippen LogP contribution in [0.4, 0.5) is 5.69 Å². The molecule has 1 fully saturated rings. The minimum atomic E-state index is -0.0662. The highest BCUT2D eigenvalue weighted by molar-refractivity contribution is 5.92. The zero-order valence-corrected chi connectivity index (χ0v) is 14.9. The average molecular weight is 346 g/mol. The molecule has 4 rings (SSSR count). The lowest BCUT2D eigenvalue weighted by Crippen LogP contribution is -2.23. The molecule has 3 heterocycles. The van der Waals surface area contributed by atoms with E-state index in [1.165, 1.54) is 13.3 Å². The van der Waals surface area contributed by atoms with Gasteiger partial charge in [-0.1, -0.05) is 12.1 Å². The number of anilines is 1. The second-order valence-electron chi connectivity index (χ2n) is 6.77. The van der Waals surface area contributed by atoms with Gasteiger partial charge in [-0.15, -0.1) is 0 Å². The Balaban J connectivity index is 1.54. The van der Waals surface area contributed by atoms with Crippen molar-refractivity contribution in [1.29, 1.82) is 0 Å². The van der Waals surface area contributed by atoms with Gasteiger partial charge in [-0.2, -0.15) is 0 Å². The van der Waals surface area contributed by atoms with E-state index in [1.807, 2.05) is 30.5 Å². The molecule has 3 aromatic rings. The Morgan fingerprint density at radius 3 is 2.96 bits per heavy atom. The molecule has 132 valence electrons. The summed E-state index contributed by atoms with van der Waals surface area (Å²) in [6, 6.07) is 16.5. The lowest BCUT2D eigenvalue weighted by molar-refractivity contribution is -0.114. The molecule has 0 aliphatic carbocycles. The summed E-state index contributed by atoms with van der Waals surface area (Å²) >= 11 is 0. The predicted molar refractivity (Wildman–Crippen MR) is 103 cm³/mol. The average Bonchev–Trinajstić information content (AvgIpc) is 3.10. The van der Waals surface area contributed by atoms with Crippen molar-refractivity contribution >= 4 is 22.5 Å². The van der Waals surface area contributed by atoms with Crippen LogP contribution in [-0.4, -0.2) is 27.3 Å². The van der Waals surface area contributed by atoms with Gasteiger partial charge in [0, 0.05) is 30.7 Å². The highest BCUT2D eigenvalue weighted by Gasteiger charge is 2.27. The van der Waals surface area contributed by atoms with E-state index in [-0.39, 0.29) is 5.91 Å². The minimum Gasteiger partial charge on any atom is -0.326 e. The van der Waals surface area contributed by atoms with Gasteiger partial charge < -0.3 is 5.32 Å². The van der Waals surface area contributed by atoms with Gasteiger partial charge in [-0.25, -0.2) is 0 Å². The molecule has 5 heteroatoms. The Morgan fingerprint density at radius 1 is 1.23 bits per heavy atom. The fourth-order valence-corrected chi connectivity index (χ4v) is 3.67. The fourth-order valence-electron chi connectivity index (χ4n) is 3.67. The van der Waals surface area contributed by atoms with Crippen molar-refractivity contribution in [2.75, 3.05) is 11.9 Å². The molecule has 5 nitrogen and oxygen atoms in total. The molecular formula is C21H22N4O. The summed E-state index contributed by atoms with van der Waals surface area (Å²) in [5.41, 5.74) is 3.96. The largest absolute Gasteiger partial charge is 0.326 e. The van der Waals surface area contributed by atoms with Crippen molar-refractivity contribution in [3.63, 3.8) is 0 Å². The van der Waals surface area contributed by atoms with Crippen LogP contribution in [0.15, 0.2) is 54.7 Å². The number of hydrogen-bond donors (Lipinski definition) is 1. The van der Waals surface area contributed by atoms with Gasteiger partial charge >= 0.3 is 0 Å². The Hall–Kier alpha value is -2.79. The summed E-state index contributed by atoms with van der Waals surface area (Å²) in [6.45, 7) is 3.41. The zero-order chi connectivity index (χ0) is 17.9. The van der Waals surface area contributed by atoms with E-state index >= 15 is 0 Å². The monoisotopic (exact) mass is 346 g/mol. The van der Waals surface area contributed by atoms with Crippen LogP contribution < -0.4 is 5.32 Å². The summed E-state index contributed by atoms with van der Waals surface area (Å²) < 4.78 is 0. The Bertz CT molecular complexity index is 926. The van der Waals surface area contributed by atoms with Gasteiger partial charge in [0.2, 0.25) is 5.91 Å². The lowest BCUT2D eigenvalue weighted by atomic mass is 10.1. The highest BCUT2D eigenvalue weighted by atomic mass is 16.1. The van der Waals surface area contributed by atoms with Crippen molar-refractivity contribution in [3.8, 4) is 0 Å². The van der Waals surface area contributed by atoms with Gasteiger partial charge in [0.25, 0.3) is 0 Å². The van der Waals surface area contributed by atoms with Crippen molar-refractivity contribution in [2.45, 2.75) is 32.4 Å². The third-order valence-electron chi connectivity index (χ3n) is 4.83.